The minimum absolute atomic E-state index is 0.168. The fourth-order valence-corrected chi connectivity index (χ4v) is 3.76. The fourth-order valence-electron chi connectivity index (χ4n) is 3.76. The van der Waals surface area contributed by atoms with Crippen molar-refractivity contribution in [2.24, 2.45) is 5.92 Å². The molecule has 1 heterocycles. The molecule has 0 bridgehead atoms. The van der Waals surface area contributed by atoms with Gasteiger partial charge in [-0.1, -0.05) is 30.3 Å². The SMILES string of the molecule is COc1ccc(OCC2(c3ccccc3)CC2C(=O)Nc2ccc(F)cn2)cc1OC. The molecule has 0 saturated heterocycles. The van der Waals surface area contributed by atoms with Crippen LogP contribution < -0.4 is 19.5 Å². The number of rotatable bonds is 8. The van der Waals surface area contributed by atoms with Gasteiger partial charge in [-0.2, -0.15) is 0 Å². The predicted molar refractivity (Wildman–Crippen MR) is 114 cm³/mol. The Kier molecular flexibility index (Phi) is 5.75. The number of methoxy groups -OCH3 is 2. The van der Waals surface area contributed by atoms with Crippen LogP contribution in [0.4, 0.5) is 10.2 Å². The Morgan fingerprint density at radius 1 is 1.10 bits per heavy atom. The quantitative estimate of drug-likeness (QED) is 0.589. The van der Waals surface area contributed by atoms with Crippen LogP contribution in [0.5, 0.6) is 17.2 Å². The maximum atomic E-state index is 13.1. The first kappa shape index (κ1) is 20.7. The molecule has 0 spiro atoms. The molecule has 1 N–H and O–H groups in total. The Morgan fingerprint density at radius 2 is 1.87 bits per heavy atom. The molecule has 2 atom stereocenters. The number of hydrogen-bond donors (Lipinski definition) is 1. The van der Waals surface area contributed by atoms with Gasteiger partial charge in [0.15, 0.2) is 11.5 Å². The first-order valence-electron chi connectivity index (χ1n) is 9.88. The zero-order valence-electron chi connectivity index (χ0n) is 17.3. The number of nitrogens with one attached hydrogen (secondary N) is 1. The highest BCUT2D eigenvalue weighted by molar-refractivity contribution is 5.95. The third kappa shape index (κ3) is 4.30. The van der Waals surface area contributed by atoms with Gasteiger partial charge in [-0.15, -0.1) is 0 Å². The Morgan fingerprint density at radius 3 is 2.55 bits per heavy atom. The number of benzene rings is 2. The van der Waals surface area contributed by atoms with E-state index in [-0.39, 0.29) is 11.8 Å². The second kappa shape index (κ2) is 8.63. The van der Waals surface area contributed by atoms with Gasteiger partial charge in [-0.3, -0.25) is 4.79 Å². The van der Waals surface area contributed by atoms with Crippen molar-refractivity contribution >= 4 is 11.7 Å². The number of aromatic nitrogens is 1. The van der Waals surface area contributed by atoms with Crippen LogP contribution in [0, 0.1) is 11.7 Å². The van der Waals surface area contributed by atoms with Crippen LogP contribution in [-0.4, -0.2) is 31.7 Å². The number of pyridine rings is 1. The van der Waals surface area contributed by atoms with E-state index in [9.17, 15) is 9.18 Å². The van der Waals surface area contributed by atoms with Gasteiger partial charge in [-0.25, -0.2) is 9.37 Å². The summed E-state index contributed by atoms with van der Waals surface area (Å²) in [6.07, 6.45) is 1.71. The Balaban J connectivity index is 1.52. The van der Waals surface area contributed by atoms with E-state index in [4.69, 9.17) is 14.2 Å². The second-order valence-electron chi connectivity index (χ2n) is 7.44. The van der Waals surface area contributed by atoms with Crippen LogP contribution in [0.2, 0.25) is 0 Å². The van der Waals surface area contributed by atoms with Crippen molar-refractivity contribution in [1.82, 2.24) is 4.98 Å². The summed E-state index contributed by atoms with van der Waals surface area (Å²) in [5, 5.41) is 2.78. The van der Waals surface area contributed by atoms with Gasteiger partial charge in [0.1, 0.15) is 17.4 Å². The van der Waals surface area contributed by atoms with E-state index in [1.807, 2.05) is 30.3 Å². The summed E-state index contributed by atoms with van der Waals surface area (Å²) >= 11 is 0. The highest BCUT2D eigenvalue weighted by Gasteiger charge is 2.60. The highest BCUT2D eigenvalue weighted by Crippen LogP contribution is 2.55. The Labute approximate surface area is 180 Å². The van der Waals surface area contributed by atoms with E-state index in [2.05, 4.69) is 10.3 Å². The van der Waals surface area contributed by atoms with Crippen molar-refractivity contribution in [1.29, 1.82) is 0 Å². The molecule has 1 aliphatic carbocycles. The molecule has 1 saturated carbocycles. The molecule has 1 aliphatic rings. The molecule has 2 unspecified atom stereocenters. The van der Waals surface area contributed by atoms with Crippen molar-refractivity contribution in [2.75, 3.05) is 26.1 Å². The van der Waals surface area contributed by atoms with Crippen molar-refractivity contribution in [2.45, 2.75) is 11.8 Å². The first-order chi connectivity index (χ1) is 15.1. The molecule has 4 rings (SSSR count). The smallest absolute Gasteiger partial charge is 0.229 e. The van der Waals surface area contributed by atoms with E-state index >= 15 is 0 Å². The standard InChI is InChI=1S/C24H23FN2O4/c1-29-20-10-9-18(12-21(20)30-2)31-15-24(16-6-4-3-5-7-16)13-19(24)23(28)27-22-11-8-17(25)14-26-22/h3-12,14,19H,13,15H2,1-2H3,(H,26,27,28). The Bertz CT molecular complexity index is 1060. The van der Waals surface area contributed by atoms with Crippen LogP contribution in [0.25, 0.3) is 0 Å². The summed E-state index contributed by atoms with van der Waals surface area (Å²) in [4.78, 5) is 16.8. The lowest BCUT2D eigenvalue weighted by molar-refractivity contribution is -0.117. The third-order valence-corrected chi connectivity index (χ3v) is 5.57. The lowest BCUT2D eigenvalue weighted by Crippen LogP contribution is -2.26. The molecule has 1 fully saturated rings. The zero-order valence-corrected chi connectivity index (χ0v) is 17.3. The van der Waals surface area contributed by atoms with Gasteiger partial charge in [0.25, 0.3) is 0 Å². The van der Waals surface area contributed by atoms with Crippen molar-refractivity contribution in [3.63, 3.8) is 0 Å². The minimum atomic E-state index is -0.460. The van der Waals surface area contributed by atoms with Crippen LogP contribution in [0.1, 0.15) is 12.0 Å². The molecule has 160 valence electrons. The molecule has 7 heteroatoms. The molecule has 0 aliphatic heterocycles. The zero-order chi connectivity index (χ0) is 21.8. The van der Waals surface area contributed by atoms with Crippen molar-refractivity contribution < 1.29 is 23.4 Å². The topological polar surface area (TPSA) is 69.7 Å². The van der Waals surface area contributed by atoms with Gasteiger partial charge in [0.05, 0.1) is 32.9 Å². The summed E-state index contributed by atoms with van der Waals surface area (Å²) in [5.74, 6) is 1.22. The van der Waals surface area contributed by atoms with Crippen LogP contribution in [0.3, 0.4) is 0 Å². The van der Waals surface area contributed by atoms with Gasteiger partial charge in [0.2, 0.25) is 5.91 Å². The molecule has 2 aromatic carbocycles. The number of nitrogens with zero attached hydrogens (tertiary/aromatic N) is 1. The summed E-state index contributed by atoms with van der Waals surface area (Å²) in [6.45, 7) is 0.321. The van der Waals surface area contributed by atoms with Gasteiger partial charge < -0.3 is 19.5 Å². The van der Waals surface area contributed by atoms with Crippen molar-refractivity contribution in [3.8, 4) is 17.2 Å². The molecule has 31 heavy (non-hydrogen) atoms. The summed E-state index contributed by atoms with van der Waals surface area (Å²) in [6, 6.07) is 17.9. The maximum absolute atomic E-state index is 13.1. The van der Waals surface area contributed by atoms with Gasteiger partial charge in [0, 0.05) is 11.5 Å². The van der Waals surface area contributed by atoms with E-state index in [0.717, 1.165) is 11.8 Å². The lowest BCUT2D eigenvalue weighted by Gasteiger charge is -2.19. The van der Waals surface area contributed by atoms with Crippen LogP contribution in [0.15, 0.2) is 66.9 Å². The van der Waals surface area contributed by atoms with Gasteiger partial charge >= 0.3 is 0 Å². The lowest BCUT2D eigenvalue weighted by atomic mass is 9.93. The molecule has 6 nitrogen and oxygen atoms in total. The number of halogens is 1. The predicted octanol–water partition coefficient (Wildman–Crippen LogP) is 4.21. The molecular formula is C24H23FN2O4. The second-order valence-corrected chi connectivity index (χ2v) is 7.44. The minimum Gasteiger partial charge on any atom is -0.493 e. The molecule has 0 radical (unpaired) electrons. The van der Waals surface area contributed by atoms with E-state index in [1.165, 1.54) is 12.1 Å². The normalized spacial score (nSPS) is 19.4. The average molecular weight is 422 g/mol. The average Bonchev–Trinajstić information content (AvgIpc) is 3.56. The molecular weight excluding hydrogens is 399 g/mol. The molecule has 1 amide bonds. The number of hydrogen-bond acceptors (Lipinski definition) is 5. The number of carbonyl (C=O) groups is 1. The summed E-state index contributed by atoms with van der Waals surface area (Å²) in [7, 11) is 3.14. The highest BCUT2D eigenvalue weighted by atomic mass is 19.1. The van der Waals surface area contributed by atoms with Crippen LogP contribution in [-0.2, 0) is 10.2 Å². The maximum Gasteiger partial charge on any atom is 0.229 e. The first-order valence-corrected chi connectivity index (χ1v) is 9.88. The van der Waals surface area contributed by atoms with Gasteiger partial charge in [-0.05, 0) is 36.2 Å². The number of carbonyl (C=O) groups excluding carboxylic acids is 1. The number of ether oxygens (including phenoxy) is 3. The van der Waals surface area contributed by atoms with Crippen molar-refractivity contribution in [3.05, 3.63) is 78.2 Å². The number of amides is 1. The Hall–Kier alpha value is -3.61. The summed E-state index contributed by atoms with van der Waals surface area (Å²) in [5.41, 5.74) is 0.570. The largest absolute Gasteiger partial charge is 0.493 e. The van der Waals surface area contributed by atoms with Crippen LogP contribution >= 0.6 is 0 Å². The molecule has 3 aromatic rings. The summed E-state index contributed by atoms with van der Waals surface area (Å²) < 4.78 is 29.8. The number of anilines is 1. The van der Waals surface area contributed by atoms with E-state index < -0.39 is 11.2 Å². The molecule has 1 aromatic heterocycles. The van der Waals surface area contributed by atoms with E-state index in [1.54, 1.807) is 32.4 Å². The fraction of sp³-hybridized carbons (Fsp3) is 0.250. The monoisotopic (exact) mass is 422 g/mol. The van der Waals surface area contributed by atoms with E-state index in [0.29, 0.717) is 36.1 Å². The third-order valence-electron chi connectivity index (χ3n) is 5.57.